The topological polar surface area (TPSA) is 40.5 Å². The van der Waals surface area contributed by atoms with Gasteiger partial charge < -0.3 is 10.0 Å². The fraction of sp³-hybridized carbons (Fsp3) is 0.500. The van der Waals surface area contributed by atoms with E-state index in [0.717, 1.165) is 28.0 Å². The Bertz CT molecular complexity index is 366. The van der Waals surface area contributed by atoms with Crippen LogP contribution in [0.15, 0.2) is 15.9 Å². The first-order valence-electron chi connectivity index (χ1n) is 4.89. The molecule has 1 N–H and O–H groups in total. The molecule has 1 aromatic heterocycles. The lowest BCUT2D eigenvalue weighted by Crippen LogP contribution is -2.37. The maximum absolute atomic E-state index is 12.0. The van der Waals surface area contributed by atoms with E-state index in [1.54, 1.807) is 4.90 Å². The second-order valence-electron chi connectivity index (χ2n) is 3.58. The van der Waals surface area contributed by atoms with Gasteiger partial charge in [-0.2, -0.15) is 0 Å². The molecule has 2 rings (SSSR count). The van der Waals surface area contributed by atoms with Gasteiger partial charge in [-0.05, 0) is 40.9 Å². The third kappa shape index (κ3) is 2.24. The number of aliphatic hydroxyl groups is 1. The predicted molar refractivity (Wildman–Crippen MR) is 63.2 cm³/mol. The molecule has 1 aliphatic heterocycles. The molecular weight excluding hydrogens is 278 g/mol. The number of aliphatic hydroxyl groups excluding tert-OH is 1. The quantitative estimate of drug-likeness (QED) is 0.906. The van der Waals surface area contributed by atoms with E-state index in [4.69, 9.17) is 5.11 Å². The van der Waals surface area contributed by atoms with Gasteiger partial charge in [0.05, 0.1) is 21.3 Å². The van der Waals surface area contributed by atoms with Gasteiger partial charge in [0.2, 0.25) is 0 Å². The molecule has 1 saturated heterocycles. The Labute approximate surface area is 101 Å². The lowest BCUT2D eigenvalue weighted by atomic mass is 10.2. The summed E-state index contributed by atoms with van der Waals surface area (Å²) in [5.74, 6) is 0.0438. The number of carbonyl (C=O) groups is 1. The van der Waals surface area contributed by atoms with Gasteiger partial charge in [0, 0.05) is 6.54 Å². The number of carbonyl (C=O) groups excluding carboxylic acids is 1. The van der Waals surface area contributed by atoms with Gasteiger partial charge >= 0.3 is 0 Å². The number of thiophene rings is 1. The van der Waals surface area contributed by atoms with E-state index in [-0.39, 0.29) is 18.6 Å². The van der Waals surface area contributed by atoms with E-state index in [1.165, 1.54) is 11.3 Å². The smallest absolute Gasteiger partial charge is 0.264 e. The molecule has 0 bridgehead atoms. The van der Waals surface area contributed by atoms with Crippen LogP contribution in [0.5, 0.6) is 0 Å². The largest absolute Gasteiger partial charge is 0.394 e. The summed E-state index contributed by atoms with van der Waals surface area (Å²) in [5.41, 5.74) is 0. The second kappa shape index (κ2) is 4.63. The summed E-state index contributed by atoms with van der Waals surface area (Å²) in [6, 6.07) is 3.71. The van der Waals surface area contributed by atoms with Gasteiger partial charge in [0.1, 0.15) is 0 Å². The summed E-state index contributed by atoms with van der Waals surface area (Å²) < 4.78 is 0.964. The Hall–Kier alpha value is -0.390. The van der Waals surface area contributed by atoms with Crippen molar-refractivity contribution < 1.29 is 9.90 Å². The first-order valence-corrected chi connectivity index (χ1v) is 6.50. The molecule has 0 aromatic carbocycles. The van der Waals surface area contributed by atoms with Gasteiger partial charge in [0.15, 0.2) is 0 Å². The Morgan fingerprint density at radius 1 is 1.67 bits per heavy atom. The van der Waals surface area contributed by atoms with E-state index in [9.17, 15) is 4.79 Å². The average molecular weight is 290 g/mol. The zero-order chi connectivity index (χ0) is 10.8. The van der Waals surface area contributed by atoms with E-state index in [2.05, 4.69) is 15.9 Å². The lowest BCUT2D eigenvalue weighted by molar-refractivity contribution is 0.0682. The number of hydrogen-bond acceptors (Lipinski definition) is 3. The molecule has 82 valence electrons. The molecule has 0 radical (unpaired) electrons. The lowest BCUT2D eigenvalue weighted by Gasteiger charge is -2.22. The molecule has 1 fully saturated rings. The van der Waals surface area contributed by atoms with Crippen LogP contribution in [0.25, 0.3) is 0 Å². The SMILES string of the molecule is O=C(c1ccc(Br)s1)N1CCCC1CO. The minimum Gasteiger partial charge on any atom is -0.394 e. The van der Waals surface area contributed by atoms with Crippen LogP contribution in [0.2, 0.25) is 0 Å². The molecule has 3 nitrogen and oxygen atoms in total. The Balaban J connectivity index is 2.13. The molecule has 1 unspecified atom stereocenters. The normalized spacial score (nSPS) is 20.9. The highest BCUT2D eigenvalue weighted by Crippen LogP contribution is 2.26. The van der Waals surface area contributed by atoms with Crippen molar-refractivity contribution in [2.75, 3.05) is 13.2 Å². The van der Waals surface area contributed by atoms with Crippen LogP contribution in [-0.2, 0) is 0 Å². The van der Waals surface area contributed by atoms with Crippen molar-refractivity contribution in [3.63, 3.8) is 0 Å². The Kier molecular flexibility index (Phi) is 3.43. The van der Waals surface area contributed by atoms with Gasteiger partial charge in [-0.15, -0.1) is 11.3 Å². The van der Waals surface area contributed by atoms with Gasteiger partial charge in [-0.25, -0.2) is 0 Å². The molecule has 0 spiro atoms. The number of halogens is 1. The zero-order valence-corrected chi connectivity index (χ0v) is 10.6. The van der Waals surface area contributed by atoms with Crippen molar-refractivity contribution in [2.45, 2.75) is 18.9 Å². The molecular formula is C10H12BrNO2S. The third-order valence-corrected chi connectivity index (χ3v) is 4.24. The van der Waals surface area contributed by atoms with Crippen molar-refractivity contribution in [1.82, 2.24) is 4.90 Å². The molecule has 0 aliphatic carbocycles. The third-order valence-electron chi connectivity index (χ3n) is 2.63. The van der Waals surface area contributed by atoms with Crippen molar-refractivity contribution >= 4 is 33.2 Å². The van der Waals surface area contributed by atoms with Gasteiger partial charge in [-0.1, -0.05) is 0 Å². The highest BCUT2D eigenvalue weighted by Gasteiger charge is 2.29. The summed E-state index contributed by atoms with van der Waals surface area (Å²) in [6.07, 6.45) is 1.90. The maximum atomic E-state index is 12.0. The standard InChI is InChI=1S/C10H12BrNO2S/c11-9-4-3-8(15-9)10(14)12-5-1-2-7(12)6-13/h3-4,7,13H,1-2,5-6H2. The minimum atomic E-state index is 0.0124. The van der Waals surface area contributed by atoms with Gasteiger partial charge in [0.25, 0.3) is 5.91 Å². The van der Waals surface area contributed by atoms with E-state index in [1.807, 2.05) is 12.1 Å². The second-order valence-corrected chi connectivity index (χ2v) is 6.04. The number of nitrogens with zero attached hydrogens (tertiary/aromatic N) is 1. The molecule has 1 amide bonds. The van der Waals surface area contributed by atoms with Gasteiger partial charge in [-0.3, -0.25) is 4.79 Å². The van der Waals surface area contributed by atoms with Crippen LogP contribution in [0, 0.1) is 0 Å². The van der Waals surface area contributed by atoms with Crippen molar-refractivity contribution in [3.8, 4) is 0 Å². The highest BCUT2D eigenvalue weighted by atomic mass is 79.9. The number of likely N-dealkylation sites (tertiary alicyclic amines) is 1. The first kappa shape index (κ1) is 11.1. The molecule has 1 atom stereocenters. The zero-order valence-electron chi connectivity index (χ0n) is 8.15. The van der Waals surface area contributed by atoms with Crippen LogP contribution in [-0.4, -0.2) is 35.1 Å². The molecule has 1 aromatic rings. The maximum Gasteiger partial charge on any atom is 0.264 e. The van der Waals surface area contributed by atoms with Crippen molar-refractivity contribution in [3.05, 3.63) is 20.8 Å². The van der Waals surface area contributed by atoms with Crippen LogP contribution in [0.4, 0.5) is 0 Å². The molecule has 15 heavy (non-hydrogen) atoms. The van der Waals surface area contributed by atoms with Crippen LogP contribution >= 0.6 is 27.3 Å². The van der Waals surface area contributed by atoms with Crippen LogP contribution in [0.1, 0.15) is 22.5 Å². The molecule has 5 heteroatoms. The van der Waals surface area contributed by atoms with Crippen LogP contribution < -0.4 is 0 Å². The number of hydrogen-bond donors (Lipinski definition) is 1. The first-order chi connectivity index (χ1) is 7.22. The Morgan fingerprint density at radius 3 is 3.07 bits per heavy atom. The summed E-state index contributed by atoms with van der Waals surface area (Å²) in [7, 11) is 0. The highest BCUT2D eigenvalue weighted by molar-refractivity contribution is 9.11. The minimum absolute atomic E-state index is 0.0124. The fourth-order valence-corrected chi connectivity index (χ4v) is 3.21. The van der Waals surface area contributed by atoms with Crippen molar-refractivity contribution in [1.29, 1.82) is 0 Å². The number of rotatable bonds is 2. The van der Waals surface area contributed by atoms with E-state index < -0.39 is 0 Å². The van der Waals surface area contributed by atoms with E-state index in [0.29, 0.717) is 0 Å². The summed E-state index contributed by atoms with van der Waals surface area (Å²) in [5, 5.41) is 9.14. The molecule has 1 aliphatic rings. The van der Waals surface area contributed by atoms with E-state index >= 15 is 0 Å². The van der Waals surface area contributed by atoms with Crippen molar-refractivity contribution in [2.24, 2.45) is 0 Å². The Morgan fingerprint density at radius 2 is 2.47 bits per heavy atom. The summed E-state index contributed by atoms with van der Waals surface area (Å²) >= 11 is 4.78. The fourth-order valence-electron chi connectivity index (χ4n) is 1.86. The predicted octanol–water partition coefficient (Wildman–Crippen LogP) is 2.11. The summed E-state index contributed by atoms with van der Waals surface area (Å²) in [4.78, 5) is 14.5. The number of amides is 1. The summed E-state index contributed by atoms with van der Waals surface area (Å²) in [6.45, 7) is 0.831. The molecule has 0 saturated carbocycles. The van der Waals surface area contributed by atoms with Crippen LogP contribution in [0.3, 0.4) is 0 Å². The monoisotopic (exact) mass is 289 g/mol. The average Bonchev–Trinajstić information content (AvgIpc) is 2.84. The molecule has 2 heterocycles.